The summed E-state index contributed by atoms with van der Waals surface area (Å²) in [6.45, 7) is 7.67. The van der Waals surface area contributed by atoms with Gasteiger partial charge in [0, 0.05) is 22.6 Å². The van der Waals surface area contributed by atoms with Crippen molar-refractivity contribution in [2.75, 3.05) is 13.2 Å². The molecule has 0 fully saturated rings. The topological polar surface area (TPSA) is 94.5 Å². The summed E-state index contributed by atoms with van der Waals surface area (Å²) in [6.07, 6.45) is 0. The predicted octanol–water partition coefficient (Wildman–Crippen LogP) is 3.86. The number of halogens is 1. The molecule has 3 rings (SSSR count). The second kappa shape index (κ2) is 9.90. The zero-order chi connectivity index (χ0) is 25.2. The number of hydrogen-bond acceptors (Lipinski definition) is 5. The van der Waals surface area contributed by atoms with Crippen molar-refractivity contribution < 1.29 is 27.1 Å². The van der Waals surface area contributed by atoms with E-state index in [9.17, 15) is 22.4 Å². The van der Waals surface area contributed by atoms with E-state index in [1.165, 1.54) is 12.1 Å². The van der Waals surface area contributed by atoms with Gasteiger partial charge in [0.25, 0.3) is 0 Å². The molecular formula is C25H27FN2O5S. The number of Topliss-reactive ketones (excluding diaryl/α,β-unsaturated/α-hetero) is 1. The van der Waals surface area contributed by atoms with E-state index < -0.39 is 34.9 Å². The molecule has 0 aliphatic rings. The van der Waals surface area contributed by atoms with Crippen LogP contribution in [0.1, 0.15) is 38.4 Å². The van der Waals surface area contributed by atoms with Crippen molar-refractivity contribution in [2.24, 2.45) is 0 Å². The van der Waals surface area contributed by atoms with Crippen LogP contribution in [0.25, 0.3) is 5.69 Å². The Hall–Kier alpha value is -3.30. The van der Waals surface area contributed by atoms with Gasteiger partial charge < -0.3 is 9.30 Å². The molecule has 180 valence electrons. The Bertz CT molecular complexity index is 1340. The first-order valence-corrected chi connectivity index (χ1v) is 12.1. The van der Waals surface area contributed by atoms with Crippen molar-refractivity contribution >= 4 is 21.8 Å². The van der Waals surface area contributed by atoms with E-state index in [0.29, 0.717) is 28.1 Å². The number of ether oxygens (including phenoxy) is 1. The van der Waals surface area contributed by atoms with Crippen LogP contribution < -0.4 is 4.72 Å². The maximum absolute atomic E-state index is 13.2. The summed E-state index contributed by atoms with van der Waals surface area (Å²) in [7, 11) is -3.93. The van der Waals surface area contributed by atoms with Gasteiger partial charge in [0.05, 0.1) is 4.90 Å². The number of aromatic nitrogens is 1. The van der Waals surface area contributed by atoms with Crippen LogP contribution in [0.5, 0.6) is 0 Å². The number of nitrogens with one attached hydrogen (secondary N) is 1. The van der Waals surface area contributed by atoms with Gasteiger partial charge in [0.1, 0.15) is 12.4 Å². The SMILES string of the molecule is Cc1cc(C)c(S(=O)(=O)NCC(=O)OCC(=O)c2cc(C)n(-c3ccc(F)cc3)c2C)c(C)c1. The molecule has 0 aliphatic carbocycles. The Labute approximate surface area is 198 Å². The summed E-state index contributed by atoms with van der Waals surface area (Å²) in [5.41, 5.74) is 4.52. The van der Waals surface area contributed by atoms with Gasteiger partial charge >= 0.3 is 5.97 Å². The molecule has 3 aromatic rings. The van der Waals surface area contributed by atoms with Gasteiger partial charge in [-0.05, 0) is 76.1 Å². The zero-order valence-corrected chi connectivity index (χ0v) is 20.5. The Balaban J connectivity index is 1.64. The number of esters is 1. The van der Waals surface area contributed by atoms with Crippen molar-refractivity contribution in [1.29, 1.82) is 0 Å². The Morgan fingerprint density at radius 3 is 2.15 bits per heavy atom. The van der Waals surface area contributed by atoms with Crippen LogP contribution in [0.3, 0.4) is 0 Å². The number of benzene rings is 2. The van der Waals surface area contributed by atoms with E-state index in [1.54, 1.807) is 55.7 Å². The molecule has 1 aromatic heterocycles. The third-order valence-electron chi connectivity index (χ3n) is 5.46. The fraction of sp³-hybridized carbons (Fsp3) is 0.280. The minimum Gasteiger partial charge on any atom is -0.456 e. The lowest BCUT2D eigenvalue weighted by Crippen LogP contribution is -2.32. The lowest BCUT2D eigenvalue weighted by molar-refractivity contribution is -0.141. The highest BCUT2D eigenvalue weighted by Crippen LogP contribution is 2.23. The number of carbonyl (C=O) groups excluding carboxylic acids is 2. The van der Waals surface area contributed by atoms with E-state index >= 15 is 0 Å². The molecule has 1 N–H and O–H groups in total. The summed E-state index contributed by atoms with van der Waals surface area (Å²) < 4.78 is 47.7. The average molecular weight is 487 g/mol. The Kier molecular flexibility index (Phi) is 7.38. The molecule has 0 aliphatic heterocycles. The molecule has 34 heavy (non-hydrogen) atoms. The predicted molar refractivity (Wildman–Crippen MR) is 126 cm³/mol. The van der Waals surface area contributed by atoms with Gasteiger partial charge in [-0.3, -0.25) is 9.59 Å². The number of aryl methyl sites for hydroxylation is 4. The monoisotopic (exact) mass is 486 g/mol. The lowest BCUT2D eigenvalue weighted by Gasteiger charge is -2.13. The molecule has 1 heterocycles. The van der Waals surface area contributed by atoms with Crippen LogP contribution in [0.15, 0.2) is 47.4 Å². The molecule has 0 saturated heterocycles. The highest BCUT2D eigenvalue weighted by Gasteiger charge is 2.22. The highest BCUT2D eigenvalue weighted by molar-refractivity contribution is 7.89. The number of hydrogen-bond donors (Lipinski definition) is 1. The van der Waals surface area contributed by atoms with Gasteiger partial charge in [-0.1, -0.05) is 17.7 Å². The second-order valence-electron chi connectivity index (χ2n) is 8.23. The van der Waals surface area contributed by atoms with Gasteiger partial charge in [-0.15, -0.1) is 0 Å². The zero-order valence-electron chi connectivity index (χ0n) is 19.7. The Morgan fingerprint density at radius 2 is 1.56 bits per heavy atom. The van der Waals surface area contributed by atoms with E-state index in [0.717, 1.165) is 11.3 Å². The largest absolute Gasteiger partial charge is 0.456 e. The van der Waals surface area contributed by atoms with Crippen molar-refractivity contribution in [3.05, 3.63) is 81.9 Å². The van der Waals surface area contributed by atoms with Crippen LogP contribution in [-0.2, 0) is 19.6 Å². The van der Waals surface area contributed by atoms with Gasteiger partial charge in [-0.2, -0.15) is 4.72 Å². The third kappa shape index (κ3) is 5.43. The molecule has 0 unspecified atom stereocenters. The quantitative estimate of drug-likeness (QED) is 0.385. The fourth-order valence-corrected chi connectivity index (χ4v) is 5.54. The number of rotatable bonds is 8. The average Bonchev–Trinajstić information content (AvgIpc) is 3.04. The maximum atomic E-state index is 13.2. The number of ketones is 1. The van der Waals surface area contributed by atoms with E-state index in [2.05, 4.69) is 4.72 Å². The molecule has 0 radical (unpaired) electrons. The fourth-order valence-electron chi connectivity index (χ4n) is 4.12. The number of carbonyl (C=O) groups is 2. The van der Waals surface area contributed by atoms with Crippen LogP contribution >= 0.6 is 0 Å². The van der Waals surface area contributed by atoms with E-state index in [4.69, 9.17) is 4.74 Å². The molecule has 2 aromatic carbocycles. The minimum absolute atomic E-state index is 0.121. The maximum Gasteiger partial charge on any atom is 0.321 e. The van der Waals surface area contributed by atoms with E-state index in [1.807, 2.05) is 13.8 Å². The van der Waals surface area contributed by atoms with Gasteiger partial charge in [-0.25, -0.2) is 12.8 Å². The van der Waals surface area contributed by atoms with Gasteiger partial charge in [0.15, 0.2) is 6.61 Å². The number of sulfonamides is 1. The van der Waals surface area contributed by atoms with Crippen molar-refractivity contribution in [1.82, 2.24) is 9.29 Å². The first-order valence-electron chi connectivity index (χ1n) is 10.6. The minimum atomic E-state index is -3.93. The van der Waals surface area contributed by atoms with Gasteiger partial charge in [0.2, 0.25) is 15.8 Å². The molecule has 0 spiro atoms. The lowest BCUT2D eigenvalue weighted by atomic mass is 10.1. The molecular weight excluding hydrogens is 459 g/mol. The molecule has 0 saturated carbocycles. The first-order chi connectivity index (χ1) is 15.9. The normalized spacial score (nSPS) is 11.5. The second-order valence-corrected chi connectivity index (χ2v) is 9.94. The van der Waals surface area contributed by atoms with E-state index in [-0.39, 0.29) is 10.7 Å². The van der Waals surface area contributed by atoms with Crippen molar-refractivity contribution in [3.63, 3.8) is 0 Å². The summed E-state index contributed by atoms with van der Waals surface area (Å²) in [6, 6.07) is 11.0. The van der Waals surface area contributed by atoms with Crippen LogP contribution in [-0.4, -0.2) is 37.9 Å². The number of nitrogens with zero attached hydrogens (tertiary/aromatic N) is 1. The summed E-state index contributed by atoms with van der Waals surface area (Å²) in [4.78, 5) is 24.9. The van der Waals surface area contributed by atoms with Crippen LogP contribution in [0, 0.1) is 40.4 Å². The summed E-state index contributed by atoms with van der Waals surface area (Å²) in [5.74, 6) is -1.66. The first kappa shape index (κ1) is 25.3. The molecule has 9 heteroatoms. The Morgan fingerprint density at radius 1 is 0.971 bits per heavy atom. The highest BCUT2D eigenvalue weighted by atomic mass is 32.2. The molecule has 7 nitrogen and oxygen atoms in total. The molecule has 0 atom stereocenters. The van der Waals surface area contributed by atoms with Crippen LogP contribution in [0.4, 0.5) is 4.39 Å². The standard InChI is InChI=1S/C25H27FN2O5S/c1-15-10-16(2)25(17(3)11-15)34(31,32)27-13-24(30)33-14-23(29)22-12-18(4)28(19(22)5)21-8-6-20(26)7-9-21/h6-12,27H,13-14H2,1-5H3. The third-order valence-corrected chi connectivity index (χ3v) is 7.17. The van der Waals surface area contributed by atoms with Crippen molar-refractivity contribution in [3.8, 4) is 5.69 Å². The summed E-state index contributed by atoms with van der Waals surface area (Å²) >= 11 is 0. The van der Waals surface area contributed by atoms with Crippen molar-refractivity contribution in [2.45, 2.75) is 39.5 Å². The summed E-state index contributed by atoms with van der Waals surface area (Å²) in [5, 5.41) is 0. The molecule has 0 amide bonds. The molecule has 0 bridgehead atoms. The van der Waals surface area contributed by atoms with Crippen LogP contribution in [0.2, 0.25) is 0 Å². The smallest absolute Gasteiger partial charge is 0.321 e.